The Hall–Kier alpha value is -2.86. The molecule has 4 nitrogen and oxygen atoms in total. The Morgan fingerprint density at radius 2 is 1.89 bits per heavy atom. The molecule has 0 atom stereocenters. The fourth-order valence-corrected chi connectivity index (χ4v) is 4.96. The number of anilines is 1. The third-order valence-corrected chi connectivity index (χ3v) is 6.29. The molecule has 0 unspecified atom stereocenters. The predicted molar refractivity (Wildman–Crippen MR) is 111 cm³/mol. The minimum absolute atomic E-state index is 0.223. The van der Waals surface area contributed by atoms with Crippen molar-refractivity contribution in [3.8, 4) is 11.4 Å². The summed E-state index contributed by atoms with van der Waals surface area (Å²) in [4.78, 5) is 16.4. The zero-order chi connectivity index (χ0) is 18.9. The average Bonchev–Trinajstić information content (AvgIpc) is 3.12. The van der Waals surface area contributed by atoms with Gasteiger partial charge in [-0.2, -0.15) is 0 Å². The van der Waals surface area contributed by atoms with Gasteiger partial charge in [0.05, 0.1) is 5.39 Å². The SMILES string of the molecule is Fc1ccc(CNc2nc(-c3cccnc3)nc3sc4c(c23)CCCC4)cc1. The normalized spacial score (nSPS) is 13.5. The fraction of sp³-hybridized carbons (Fsp3) is 0.227. The fourth-order valence-electron chi connectivity index (χ4n) is 3.70. The Morgan fingerprint density at radius 3 is 2.71 bits per heavy atom. The molecule has 0 fully saturated rings. The first kappa shape index (κ1) is 17.3. The van der Waals surface area contributed by atoms with Crippen LogP contribution in [0.5, 0.6) is 0 Å². The van der Waals surface area contributed by atoms with Crippen LogP contribution in [0.2, 0.25) is 0 Å². The summed E-state index contributed by atoms with van der Waals surface area (Å²) in [6, 6.07) is 10.4. The number of nitrogens with zero attached hydrogens (tertiary/aromatic N) is 3. The molecule has 4 aromatic rings. The van der Waals surface area contributed by atoms with E-state index in [1.54, 1.807) is 35.9 Å². The number of benzene rings is 1. The minimum Gasteiger partial charge on any atom is -0.365 e. The summed E-state index contributed by atoms with van der Waals surface area (Å²) >= 11 is 1.79. The average molecular weight is 390 g/mol. The van der Waals surface area contributed by atoms with E-state index in [0.29, 0.717) is 12.4 Å². The Labute approximate surface area is 166 Å². The number of thiophene rings is 1. The van der Waals surface area contributed by atoms with Crippen LogP contribution in [0.3, 0.4) is 0 Å². The van der Waals surface area contributed by atoms with Crippen molar-refractivity contribution >= 4 is 27.4 Å². The Kier molecular flexibility index (Phi) is 4.49. The molecule has 6 heteroatoms. The smallest absolute Gasteiger partial charge is 0.164 e. The number of nitrogens with one attached hydrogen (secondary N) is 1. The van der Waals surface area contributed by atoms with E-state index in [4.69, 9.17) is 9.97 Å². The Morgan fingerprint density at radius 1 is 1.04 bits per heavy atom. The molecule has 1 aromatic carbocycles. The van der Waals surface area contributed by atoms with E-state index in [-0.39, 0.29) is 5.82 Å². The van der Waals surface area contributed by atoms with Gasteiger partial charge in [0.1, 0.15) is 16.5 Å². The van der Waals surface area contributed by atoms with Crippen LogP contribution in [0.4, 0.5) is 10.2 Å². The maximum Gasteiger partial charge on any atom is 0.164 e. The summed E-state index contributed by atoms with van der Waals surface area (Å²) in [7, 11) is 0. The standard InChI is InChI=1S/C22H19FN4S/c23-16-9-7-14(8-10-16)12-25-21-19-17-5-1-2-6-18(17)28-22(19)27-20(26-21)15-4-3-11-24-13-15/h3-4,7-11,13H,1-2,5-6,12H2,(H,25,26,27). The summed E-state index contributed by atoms with van der Waals surface area (Å²) in [5.74, 6) is 1.31. The lowest BCUT2D eigenvalue weighted by Crippen LogP contribution is -2.05. The van der Waals surface area contributed by atoms with Gasteiger partial charge >= 0.3 is 0 Å². The lowest BCUT2D eigenvalue weighted by Gasteiger charge is -2.13. The van der Waals surface area contributed by atoms with Crippen molar-refractivity contribution in [2.45, 2.75) is 32.2 Å². The number of hydrogen-bond donors (Lipinski definition) is 1. The van der Waals surface area contributed by atoms with E-state index >= 15 is 0 Å². The molecule has 0 aliphatic heterocycles. The number of halogens is 1. The topological polar surface area (TPSA) is 50.7 Å². The molecule has 0 amide bonds. The van der Waals surface area contributed by atoms with Crippen molar-refractivity contribution in [2.75, 3.05) is 5.32 Å². The molecule has 140 valence electrons. The van der Waals surface area contributed by atoms with E-state index in [1.165, 1.54) is 35.4 Å². The third-order valence-electron chi connectivity index (χ3n) is 5.11. The quantitative estimate of drug-likeness (QED) is 0.508. The van der Waals surface area contributed by atoms with Gasteiger partial charge in [0, 0.05) is 29.4 Å². The number of pyridine rings is 1. The second kappa shape index (κ2) is 7.28. The maximum absolute atomic E-state index is 13.2. The van der Waals surface area contributed by atoms with Gasteiger partial charge < -0.3 is 5.32 Å². The molecule has 0 spiro atoms. The molecule has 1 aliphatic rings. The van der Waals surface area contributed by atoms with Crippen LogP contribution in [0.15, 0.2) is 48.8 Å². The van der Waals surface area contributed by atoms with Crippen molar-refractivity contribution in [3.63, 3.8) is 0 Å². The van der Waals surface area contributed by atoms with Gasteiger partial charge in [0.2, 0.25) is 0 Å². The first-order chi connectivity index (χ1) is 13.8. The molecule has 3 heterocycles. The second-order valence-electron chi connectivity index (χ2n) is 7.01. The summed E-state index contributed by atoms with van der Waals surface area (Å²) < 4.78 is 13.2. The molecule has 0 bridgehead atoms. The Balaban J connectivity index is 1.59. The summed E-state index contributed by atoms with van der Waals surface area (Å²) in [6.07, 6.45) is 8.19. The largest absolute Gasteiger partial charge is 0.365 e. The number of aryl methyl sites for hydroxylation is 2. The molecular weight excluding hydrogens is 371 g/mol. The lowest BCUT2D eigenvalue weighted by atomic mass is 9.97. The van der Waals surface area contributed by atoms with Crippen molar-refractivity contribution in [2.24, 2.45) is 0 Å². The van der Waals surface area contributed by atoms with Crippen LogP contribution in [-0.2, 0) is 19.4 Å². The van der Waals surface area contributed by atoms with Gasteiger partial charge in [-0.1, -0.05) is 12.1 Å². The van der Waals surface area contributed by atoms with E-state index in [2.05, 4.69) is 10.3 Å². The monoisotopic (exact) mass is 390 g/mol. The molecule has 0 saturated carbocycles. The van der Waals surface area contributed by atoms with Crippen LogP contribution in [0.1, 0.15) is 28.8 Å². The van der Waals surface area contributed by atoms with Gasteiger partial charge in [0.25, 0.3) is 0 Å². The van der Waals surface area contributed by atoms with Crippen molar-refractivity contribution in [3.05, 3.63) is 70.6 Å². The van der Waals surface area contributed by atoms with E-state index < -0.39 is 0 Å². The zero-order valence-electron chi connectivity index (χ0n) is 15.3. The van der Waals surface area contributed by atoms with Crippen LogP contribution < -0.4 is 5.32 Å². The summed E-state index contributed by atoms with van der Waals surface area (Å²) in [6.45, 7) is 0.587. The van der Waals surface area contributed by atoms with Crippen LogP contribution in [0, 0.1) is 5.82 Å². The highest BCUT2D eigenvalue weighted by Gasteiger charge is 2.21. The van der Waals surface area contributed by atoms with Gasteiger partial charge in [-0.3, -0.25) is 4.98 Å². The third kappa shape index (κ3) is 3.24. The van der Waals surface area contributed by atoms with Crippen molar-refractivity contribution in [1.82, 2.24) is 15.0 Å². The Bertz CT molecular complexity index is 1120. The highest BCUT2D eigenvalue weighted by molar-refractivity contribution is 7.19. The number of rotatable bonds is 4. The van der Waals surface area contributed by atoms with E-state index in [9.17, 15) is 4.39 Å². The number of aromatic nitrogens is 3. The van der Waals surface area contributed by atoms with Crippen molar-refractivity contribution in [1.29, 1.82) is 0 Å². The van der Waals surface area contributed by atoms with E-state index in [0.717, 1.165) is 40.0 Å². The molecule has 3 aromatic heterocycles. The first-order valence-corrected chi connectivity index (χ1v) is 10.3. The lowest BCUT2D eigenvalue weighted by molar-refractivity contribution is 0.627. The van der Waals surface area contributed by atoms with Crippen molar-refractivity contribution < 1.29 is 4.39 Å². The molecule has 1 aliphatic carbocycles. The molecular formula is C22H19FN4S. The molecule has 1 N–H and O–H groups in total. The predicted octanol–water partition coefficient (Wildman–Crippen LogP) is 5.38. The number of hydrogen-bond acceptors (Lipinski definition) is 5. The maximum atomic E-state index is 13.2. The first-order valence-electron chi connectivity index (χ1n) is 9.49. The summed E-state index contributed by atoms with van der Waals surface area (Å²) in [5.41, 5.74) is 3.31. The van der Waals surface area contributed by atoms with Gasteiger partial charge in [-0.15, -0.1) is 11.3 Å². The van der Waals surface area contributed by atoms with Gasteiger partial charge in [-0.05, 0) is 61.1 Å². The van der Waals surface area contributed by atoms with Crippen LogP contribution in [-0.4, -0.2) is 15.0 Å². The zero-order valence-corrected chi connectivity index (χ0v) is 16.1. The molecule has 0 radical (unpaired) electrons. The van der Waals surface area contributed by atoms with Crippen LogP contribution in [0.25, 0.3) is 21.6 Å². The minimum atomic E-state index is -0.223. The molecule has 28 heavy (non-hydrogen) atoms. The summed E-state index contributed by atoms with van der Waals surface area (Å²) in [5, 5.41) is 4.63. The van der Waals surface area contributed by atoms with Gasteiger partial charge in [0.15, 0.2) is 5.82 Å². The molecule has 5 rings (SSSR count). The van der Waals surface area contributed by atoms with E-state index in [1.807, 2.05) is 12.1 Å². The van der Waals surface area contributed by atoms with Crippen LogP contribution >= 0.6 is 11.3 Å². The highest BCUT2D eigenvalue weighted by Crippen LogP contribution is 2.39. The second-order valence-corrected chi connectivity index (χ2v) is 8.09. The highest BCUT2D eigenvalue weighted by atomic mass is 32.1. The molecule has 0 saturated heterocycles. The number of fused-ring (bicyclic) bond motifs is 3. The van der Waals surface area contributed by atoms with Gasteiger partial charge in [-0.25, -0.2) is 14.4 Å².